The van der Waals surface area contributed by atoms with Crippen LogP contribution >= 0.6 is 0 Å². The van der Waals surface area contributed by atoms with Gasteiger partial charge in [-0.2, -0.15) is 0 Å². The molecular formula is C15H23NO3. The van der Waals surface area contributed by atoms with E-state index in [4.69, 9.17) is 9.47 Å². The molecule has 0 saturated carbocycles. The number of aliphatic hydroxyl groups is 1. The van der Waals surface area contributed by atoms with Crippen LogP contribution in [0.4, 0.5) is 0 Å². The Morgan fingerprint density at radius 1 is 1.21 bits per heavy atom. The predicted octanol–water partition coefficient (Wildman–Crippen LogP) is 1.66. The number of nitrogens with zero attached hydrogens (tertiary/aromatic N) is 1. The molecule has 1 aliphatic heterocycles. The summed E-state index contributed by atoms with van der Waals surface area (Å²) in [7, 11) is 5.43. The van der Waals surface area contributed by atoms with Gasteiger partial charge in [-0.15, -0.1) is 0 Å². The molecule has 0 spiro atoms. The fourth-order valence-corrected chi connectivity index (χ4v) is 2.80. The Hall–Kier alpha value is -1.26. The van der Waals surface area contributed by atoms with E-state index in [1.54, 1.807) is 14.2 Å². The van der Waals surface area contributed by atoms with Gasteiger partial charge in [-0.05, 0) is 39.0 Å². The average Bonchev–Trinajstić information content (AvgIpc) is 2.48. The molecule has 1 aromatic rings. The van der Waals surface area contributed by atoms with Crippen LogP contribution < -0.4 is 9.47 Å². The zero-order valence-corrected chi connectivity index (χ0v) is 12.0. The van der Waals surface area contributed by atoms with E-state index in [1.807, 2.05) is 18.2 Å². The van der Waals surface area contributed by atoms with Crippen molar-refractivity contribution in [3.8, 4) is 11.5 Å². The second-order valence-electron chi connectivity index (χ2n) is 5.31. The first-order valence-electron chi connectivity index (χ1n) is 6.67. The summed E-state index contributed by atoms with van der Waals surface area (Å²) in [5.41, 5.74) is 0.899. The van der Waals surface area contributed by atoms with E-state index >= 15 is 0 Å². The van der Waals surface area contributed by atoms with Gasteiger partial charge >= 0.3 is 0 Å². The number of aliphatic hydroxyl groups excluding tert-OH is 1. The lowest BCUT2D eigenvalue weighted by Gasteiger charge is -2.40. The number of benzene rings is 1. The van der Waals surface area contributed by atoms with Crippen LogP contribution in [0.25, 0.3) is 0 Å². The highest BCUT2D eigenvalue weighted by Crippen LogP contribution is 2.41. The molecule has 2 rings (SSSR count). The molecule has 0 bridgehead atoms. The molecule has 4 heteroatoms. The molecule has 0 radical (unpaired) electrons. The number of hydrogen-bond acceptors (Lipinski definition) is 4. The molecule has 4 nitrogen and oxygen atoms in total. The van der Waals surface area contributed by atoms with Crippen LogP contribution in [0, 0.1) is 0 Å². The first-order valence-corrected chi connectivity index (χ1v) is 6.67. The third-order valence-electron chi connectivity index (χ3n) is 4.23. The van der Waals surface area contributed by atoms with Crippen LogP contribution in [0.5, 0.6) is 11.5 Å². The molecule has 1 N–H and O–H groups in total. The van der Waals surface area contributed by atoms with Crippen molar-refractivity contribution in [3.63, 3.8) is 0 Å². The van der Waals surface area contributed by atoms with Gasteiger partial charge in [0.1, 0.15) is 11.5 Å². The summed E-state index contributed by atoms with van der Waals surface area (Å²) in [4.78, 5) is 2.30. The number of methoxy groups -OCH3 is 2. The van der Waals surface area contributed by atoms with Crippen molar-refractivity contribution in [1.82, 2.24) is 4.90 Å². The summed E-state index contributed by atoms with van der Waals surface area (Å²) in [6, 6.07) is 5.86. The van der Waals surface area contributed by atoms with Crippen molar-refractivity contribution in [2.45, 2.75) is 18.3 Å². The molecule has 0 aliphatic carbocycles. The molecule has 19 heavy (non-hydrogen) atoms. The molecule has 106 valence electrons. The lowest BCUT2D eigenvalue weighted by molar-refractivity contribution is 0.112. The lowest BCUT2D eigenvalue weighted by Crippen LogP contribution is -2.43. The summed E-state index contributed by atoms with van der Waals surface area (Å²) >= 11 is 0. The van der Waals surface area contributed by atoms with Crippen molar-refractivity contribution in [2.24, 2.45) is 0 Å². The molecule has 1 saturated heterocycles. The Morgan fingerprint density at radius 2 is 1.89 bits per heavy atom. The number of likely N-dealkylation sites (tertiary alicyclic amines) is 1. The highest BCUT2D eigenvalue weighted by Gasteiger charge is 2.37. The zero-order valence-electron chi connectivity index (χ0n) is 12.0. The number of piperidine rings is 1. The van der Waals surface area contributed by atoms with Crippen LogP contribution in [0.2, 0.25) is 0 Å². The molecule has 1 fully saturated rings. The van der Waals surface area contributed by atoms with E-state index in [9.17, 15) is 5.11 Å². The Morgan fingerprint density at radius 3 is 2.42 bits per heavy atom. The van der Waals surface area contributed by atoms with Crippen molar-refractivity contribution in [2.75, 3.05) is 41.0 Å². The summed E-state index contributed by atoms with van der Waals surface area (Å²) < 4.78 is 10.7. The standard InChI is InChI=1S/C15H23NO3/c1-16-8-6-15(11-17,7-9-16)13-5-4-12(18-2)10-14(13)19-3/h4-5,10,17H,6-9,11H2,1-3H3. The third-order valence-corrected chi connectivity index (χ3v) is 4.23. The Labute approximate surface area is 114 Å². The summed E-state index contributed by atoms with van der Waals surface area (Å²) in [6.07, 6.45) is 1.89. The van der Waals surface area contributed by atoms with Crippen LogP contribution in [0.15, 0.2) is 18.2 Å². The van der Waals surface area contributed by atoms with Gasteiger partial charge in [0.15, 0.2) is 0 Å². The fraction of sp³-hybridized carbons (Fsp3) is 0.600. The van der Waals surface area contributed by atoms with Gasteiger partial charge in [-0.3, -0.25) is 0 Å². The maximum absolute atomic E-state index is 9.92. The number of ether oxygens (including phenoxy) is 2. The highest BCUT2D eigenvalue weighted by atomic mass is 16.5. The Bertz CT molecular complexity index is 425. The van der Waals surface area contributed by atoms with Gasteiger partial charge in [0.05, 0.1) is 20.8 Å². The van der Waals surface area contributed by atoms with Crippen LogP contribution in [0.1, 0.15) is 18.4 Å². The van der Waals surface area contributed by atoms with Crippen LogP contribution in [-0.2, 0) is 5.41 Å². The Balaban J connectivity index is 2.37. The van der Waals surface area contributed by atoms with Crippen molar-refractivity contribution >= 4 is 0 Å². The van der Waals surface area contributed by atoms with Gasteiger partial charge in [-0.25, -0.2) is 0 Å². The minimum absolute atomic E-state index is 0.156. The molecule has 1 heterocycles. The van der Waals surface area contributed by atoms with Crippen molar-refractivity contribution < 1.29 is 14.6 Å². The second kappa shape index (κ2) is 5.80. The quantitative estimate of drug-likeness (QED) is 0.899. The largest absolute Gasteiger partial charge is 0.497 e. The molecule has 1 aliphatic rings. The highest BCUT2D eigenvalue weighted by molar-refractivity contribution is 5.45. The summed E-state index contributed by atoms with van der Waals surface area (Å²) in [5, 5.41) is 9.92. The SMILES string of the molecule is COc1ccc(C2(CO)CCN(C)CC2)c(OC)c1. The smallest absolute Gasteiger partial charge is 0.126 e. The predicted molar refractivity (Wildman–Crippen MR) is 75.0 cm³/mol. The van der Waals surface area contributed by atoms with Gasteiger partial charge in [0.25, 0.3) is 0 Å². The maximum Gasteiger partial charge on any atom is 0.126 e. The van der Waals surface area contributed by atoms with Crippen molar-refractivity contribution in [1.29, 1.82) is 0 Å². The van der Waals surface area contributed by atoms with E-state index in [1.165, 1.54) is 0 Å². The van der Waals surface area contributed by atoms with E-state index < -0.39 is 0 Å². The van der Waals surface area contributed by atoms with Gasteiger partial charge < -0.3 is 19.5 Å². The van der Waals surface area contributed by atoms with E-state index in [-0.39, 0.29) is 12.0 Å². The third kappa shape index (κ3) is 2.69. The maximum atomic E-state index is 9.92. The topological polar surface area (TPSA) is 41.9 Å². The number of hydrogen-bond donors (Lipinski definition) is 1. The minimum Gasteiger partial charge on any atom is -0.497 e. The average molecular weight is 265 g/mol. The van der Waals surface area contributed by atoms with Crippen LogP contribution in [0.3, 0.4) is 0 Å². The van der Waals surface area contributed by atoms with E-state index in [0.29, 0.717) is 0 Å². The first kappa shape index (κ1) is 14.2. The molecule has 1 aromatic carbocycles. The lowest BCUT2D eigenvalue weighted by atomic mass is 9.73. The summed E-state index contributed by atoms with van der Waals surface area (Å²) in [6.45, 7) is 2.15. The molecule has 0 aromatic heterocycles. The van der Waals surface area contributed by atoms with Gasteiger partial charge in [0, 0.05) is 17.0 Å². The molecule has 0 amide bonds. The van der Waals surface area contributed by atoms with Crippen LogP contribution in [-0.4, -0.2) is 51.0 Å². The second-order valence-corrected chi connectivity index (χ2v) is 5.31. The van der Waals surface area contributed by atoms with E-state index in [2.05, 4.69) is 11.9 Å². The van der Waals surface area contributed by atoms with Crippen molar-refractivity contribution in [3.05, 3.63) is 23.8 Å². The monoisotopic (exact) mass is 265 g/mol. The fourth-order valence-electron chi connectivity index (χ4n) is 2.80. The van der Waals surface area contributed by atoms with Gasteiger partial charge in [0.2, 0.25) is 0 Å². The number of rotatable bonds is 4. The molecule has 0 atom stereocenters. The normalized spacial score (nSPS) is 19.2. The molecule has 0 unspecified atom stereocenters. The molecular weight excluding hydrogens is 242 g/mol. The van der Waals surface area contributed by atoms with E-state index in [0.717, 1.165) is 43.0 Å². The minimum atomic E-state index is -0.190. The zero-order chi connectivity index (χ0) is 13.9. The summed E-state index contributed by atoms with van der Waals surface area (Å²) in [5.74, 6) is 1.58. The first-order chi connectivity index (χ1) is 9.15. The Kier molecular flexibility index (Phi) is 4.32. The van der Waals surface area contributed by atoms with Gasteiger partial charge in [-0.1, -0.05) is 6.07 Å².